The van der Waals surface area contributed by atoms with Crippen molar-refractivity contribution in [3.63, 3.8) is 0 Å². The molecule has 110 valence electrons. The number of halogens is 1. The minimum absolute atomic E-state index is 0.0564. The lowest BCUT2D eigenvalue weighted by Crippen LogP contribution is -2.43. The first-order valence-corrected chi connectivity index (χ1v) is 7.76. The van der Waals surface area contributed by atoms with Gasteiger partial charge in [0.25, 0.3) is 0 Å². The van der Waals surface area contributed by atoms with Crippen LogP contribution < -0.4 is 11.1 Å². The molecule has 1 aromatic rings. The molecule has 0 heterocycles. The first kappa shape index (κ1) is 15.3. The number of carbonyl (C=O) groups is 1. The zero-order valence-corrected chi connectivity index (χ0v) is 12.7. The molecule has 1 aliphatic carbocycles. The third-order valence-corrected chi connectivity index (χ3v) is 4.43. The molecule has 3 nitrogen and oxygen atoms in total. The van der Waals surface area contributed by atoms with Crippen LogP contribution in [0.2, 0.25) is 5.02 Å². The zero-order chi connectivity index (χ0) is 14.5. The molecule has 4 heteroatoms. The second-order valence-electron chi connectivity index (χ2n) is 5.70. The highest BCUT2D eigenvalue weighted by molar-refractivity contribution is 6.30. The van der Waals surface area contributed by atoms with Gasteiger partial charge in [0.15, 0.2) is 0 Å². The van der Waals surface area contributed by atoms with Crippen molar-refractivity contribution in [2.45, 2.75) is 51.1 Å². The Kier molecular flexibility index (Phi) is 5.44. The van der Waals surface area contributed by atoms with E-state index in [-0.39, 0.29) is 23.9 Å². The summed E-state index contributed by atoms with van der Waals surface area (Å²) >= 11 is 6.04. The summed E-state index contributed by atoms with van der Waals surface area (Å²) in [7, 11) is 0. The lowest BCUT2D eigenvalue weighted by atomic mass is 9.92. The Balaban J connectivity index is 2.07. The van der Waals surface area contributed by atoms with Gasteiger partial charge in [0.2, 0.25) is 5.91 Å². The summed E-state index contributed by atoms with van der Waals surface area (Å²) in [5.41, 5.74) is 6.71. The number of primary amides is 1. The normalized spacial score (nSPS) is 24.9. The molecule has 1 amide bonds. The van der Waals surface area contributed by atoms with E-state index in [1.165, 1.54) is 6.42 Å². The van der Waals surface area contributed by atoms with Gasteiger partial charge in [-0.3, -0.25) is 4.79 Å². The maximum atomic E-state index is 11.7. The van der Waals surface area contributed by atoms with Crippen LogP contribution >= 0.6 is 11.6 Å². The van der Waals surface area contributed by atoms with Gasteiger partial charge in [0, 0.05) is 17.1 Å². The summed E-state index contributed by atoms with van der Waals surface area (Å²) in [6.45, 7) is 2.11. The Morgan fingerprint density at radius 1 is 1.35 bits per heavy atom. The molecule has 1 aliphatic rings. The maximum absolute atomic E-state index is 11.7. The van der Waals surface area contributed by atoms with Gasteiger partial charge in [-0.1, -0.05) is 43.0 Å². The van der Waals surface area contributed by atoms with Gasteiger partial charge in [-0.05, 0) is 37.5 Å². The fourth-order valence-electron chi connectivity index (χ4n) is 3.04. The van der Waals surface area contributed by atoms with Crippen LogP contribution in [0.15, 0.2) is 24.3 Å². The number of rotatable bonds is 4. The SMILES string of the molecule is CC(NC1CCCCCC1C(N)=O)c1cccc(Cl)c1. The molecule has 0 aromatic heterocycles. The third-order valence-electron chi connectivity index (χ3n) is 4.19. The average Bonchev–Trinajstić information content (AvgIpc) is 2.64. The molecule has 0 bridgehead atoms. The number of benzene rings is 1. The first-order chi connectivity index (χ1) is 9.58. The van der Waals surface area contributed by atoms with Crippen LogP contribution in [0.1, 0.15) is 50.6 Å². The molecule has 20 heavy (non-hydrogen) atoms. The number of nitrogens with two attached hydrogens (primary N) is 1. The molecule has 0 radical (unpaired) electrons. The fraction of sp³-hybridized carbons (Fsp3) is 0.562. The van der Waals surface area contributed by atoms with Gasteiger partial charge in [-0.25, -0.2) is 0 Å². The largest absolute Gasteiger partial charge is 0.369 e. The van der Waals surface area contributed by atoms with E-state index < -0.39 is 0 Å². The summed E-state index contributed by atoms with van der Waals surface area (Å²) in [5.74, 6) is -0.234. The van der Waals surface area contributed by atoms with Gasteiger partial charge in [0.1, 0.15) is 0 Å². The van der Waals surface area contributed by atoms with Crippen LogP contribution in [0.5, 0.6) is 0 Å². The summed E-state index contributed by atoms with van der Waals surface area (Å²) in [6.07, 6.45) is 5.35. The predicted molar refractivity (Wildman–Crippen MR) is 82.6 cm³/mol. The molecular weight excluding hydrogens is 272 g/mol. The van der Waals surface area contributed by atoms with Gasteiger partial charge in [-0.15, -0.1) is 0 Å². The van der Waals surface area contributed by atoms with Crippen molar-refractivity contribution in [2.75, 3.05) is 0 Å². The second kappa shape index (κ2) is 7.09. The molecule has 0 aliphatic heterocycles. The predicted octanol–water partition coefficient (Wildman–Crippen LogP) is 3.42. The van der Waals surface area contributed by atoms with Crippen molar-refractivity contribution >= 4 is 17.5 Å². The Morgan fingerprint density at radius 2 is 2.10 bits per heavy atom. The molecule has 1 fully saturated rings. The summed E-state index contributed by atoms with van der Waals surface area (Å²) in [4.78, 5) is 11.7. The zero-order valence-electron chi connectivity index (χ0n) is 11.9. The van der Waals surface area contributed by atoms with Crippen molar-refractivity contribution in [1.29, 1.82) is 0 Å². The topological polar surface area (TPSA) is 55.1 Å². The van der Waals surface area contributed by atoms with Gasteiger partial charge in [-0.2, -0.15) is 0 Å². The maximum Gasteiger partial charge on any atom is 0.222 e. The van der Waals surface area contributed by atoms with Gasteiger partial charge >= 0.3 is 0 Å². The first-order valence-electron chi connectivity index (χ1n) is 7.39. The number of amides is 1. The monoisotopic (exact) mass is 294 g/mol. The van der Waals surface area contributed by atoms with Gasteiger partial charge < -0.3 is 11.1 Å². The number of hydrogen-bond donors (Lipinski definition) is 2. The van der Waals surface area contributed by atoms with E-state index in [4.69, 9.17) is 17.3 Å². The molecule has 3 atom stereocenters. The van der Waals surface area contributed by atoms with E-state index >= 15 is 0 Å². The quantitative estimate of drug-likeness (QED) is 0.836. The minimum Gasteiger partial charge on any atom is -0.369 e. The van der Waals surface area contributed by atoms with Crippen LogP contribution in [-0.2, 0) is 4.79 Å². The molecule has 3 unspecified atom stereocenters. The van der Waals surface area contributed by atoms with Crippen LogP contribution in [0, 0.1) is 5.92 Å². The Morgan fingerprint density at radius 3 is 2.80 bits per heavy atom. The van der Waals surface area contributed by atoms with Crippen molar-refractivity contribution < 1.29 is 4.79 Å². The summed E-state index contributed by atoms with van der Waals surface area (Å²) in [5, 5.41) is 4.31. The molecular formula is C16H23ClN2O. The fourth-order valence-corrected chi connectivity index (χ4v) is 3.24. The van der Waals surface area contributed by atoms with Crippen LogP contribution in [0.3, 0.4) is 0 Å². The van der Waals surface area contributed by atoms with Crippen LogP contribution in [0.25, 0.3) is 0 Å². The van der Waals surface area contributed by atoms with E-state index in [1.54, 1.807) is 0 Å². The highest BCUT2D eigenvalue weighted by Gasteiger charge is 2.29. The molecule has 1 saturated carbocycles. The standard InChI is InChI=1S/C16H23ClN2O/c1-11(12-6-5-7-13(17)10-12)19-15-9-4-2-3-8-14(15)16(18)20/h5-7,10-11,14-15,19H,2-4,8-9H2,1H3,(H2,18,20). The van der Waals surface area contributed by atoms with Crippen molar-refractivity contribution in [2.24, 2.45) is 11.7 Å². The van der Waals surface area contributed by atoms with Gasteiger partial charge in [0.05, 0.1) is 5.92 Å². The molecule has 0 spiro atoms. The van der Waals surface area contributed by atoms with Crippen LogP contribution in [-0.4, -0.2) is 11.9 Å². The smallest absolute Gasteiger partial charge is 0.222 e. The Bertz CT molecular complexity index is 464. The Hall–Kier alpha value is -1.06. The summed E-state index contributed by atoms with van der Waals surface area (Å²) < 4.78 is 0. The lowest BCUT2D eigenvalue weighted by Gasteiger charge is -2.27. The van der Waals surface area contributed by atoms with E-state index in [1.807, 2.05) is 18.2 Å². The number of nitrogens with one attached hydrogen (secondary N) is 1. The average molecular weight is 295 g/mol. The molecule has 0 saturated heterocycles. The van der Waals surface area contributed by atoms with Crippen molar-refractivity contribution in [3.8, 4) is 0 Å². The lowest BCUT2D eigenvalue weighted by molar-refractivity contribution is -0.122. The highest BCUT2D eigenvalue weighted by Crippen LogP contribution is 2.26. The third kappa shape index (κ3) is 3.97. The van der Waals surface area contributed by atoms with Crippen molar-refractivity contribution in [1.82, 2.24) is 5.32 Å². The molecule has 1 aromatic carbocycles. The number of carbonyl (C=O) groups excluding carboxylic acids is 1. The molecule has 3 N–H and O–H groups in total. The summed E-state index contributed by atoms with van der Waals surface area (Å²) in [6, 6.07) is 8.18. The van der Waals surface area contributed by atoms with Crippen molar-refractivity contribution in [3.05, 3.63) is 34.9 Å². The van der Waals surface area contributed by atoms with Crippen LogP contribution in [0.4, 0.5) is 0 Å². The van der Waals surface area contributed by atoms with E-state index in [0.29, 0.717) is 0 Å². The minimum atomic E-state index is -0.178. The Labute approximate surface area is 125 Å². The second-order valence-corrected chi connectivity index (χ2v) is 6.13. The highest BCUT2D eigenvalue weighted by atomic mass is 35.5. The van der Waals surface area contributed by atoms with E-state index in [2.05, 4.69) is 18.3 Å². The van der Waals surface area contributed by atoms with E-state index in [9.17, 15) is 4.79 Å². The number of hydrogen-bond acceptors (Lipinski definition) is 2. The molecule has 2 rings (SSSR count). The van der Waals surface area contributed by atoms with E-state index in [0.717, 1.165) is 36.3 Å².